The number of hydrogen-bond acceptors (Lipinski definition) is 2. The Bertz CT molecular complexity index is 525. The number of anilines is 1. The van der Waals surface area contributed by atoms with Crippen LogP contribution in [0.5, 0.6) is 5.75 Å². The highest BCUT2D eigenvalue weighted by atomic mass is 19.1. The lowest BCUT2D eigenvalue weighted by Crippen LogP contribution is -2.01. The average Bonchev–Trinajstić information content (AvgIpc) is 2.32. The van der Waals surface area contributed by atoms with Crippen molar-refractivity contribution < 1.29 is 9.50 Å². The van der Waals surface area contributed by atoms with E-state index >= 15 is 0 Å². The molecule has 2 rings (SSSR count). The van der Waals surface area contributed by atoms with E-state index in [1.54, 1.807) is 24.3 Å². The minimum Gasteiger partial charge on any atom is -0.508 e. The molecule has 0 fully saturated rings. The maximum atomic E-state index is 13.3. The van der Waals surface area contributed by atoms with Gasteiger partial charge in [-0.25, -0.2) is 4.39 Å². The second kappa shape index (κ2) is 4.87. The zero-order valence-electron chi connectivity index (χ0n) is 9.57. The van der Waals surface area contributed by atoms with E-state index in [0.29, 0.717) is 12.2 Å². The quantitative estimate of drug-likeness (QED) is 0.848. The zero-order valence-corrected chi connectivity index (χ0v) is 9.57. The van der Waals surface area contributed by atoms with Gasteiger partial charge >= 0.3 is 0 Å². The molecule has 0 bridgehead atoms. The van der Waals surface area contributed by atoms with Crippen molar-refractivity contribution in [3.8, 4) is 5.75 Å². The Morgan fingerprint density at radius 3 is 2.71 bits per heavy atom. The van der Waals surface area contributed by atoms with Gasteiger partial charge in [-0.3, -0.25) is 0 Å². The molecule has 0 spiro atoms. The van der Waals surface area contributed by atoms with Crippen molar-refractivity contribution in [1.29, 1.82) is 0 Å². The van der Waals surface area contributed by atoms with Crippen LogP contribution in [0.2, 0.25) is 0 Å². The van der Waals surface area contributed by atoms with E-state index < -0.39 is 0 Å². The number of aromatic hydroxyl groups is 1. The van der Waals surface area contributed by atoms with Crippen molar-refractivity contribution in [2.45, 2.75) is 13.5 Å². The molecule has 88 valence electrons. The molecule has 2 N–H and O–H groups in total. The van der Waals surface area contributed by atoms with Gasteiger partial charge in [-0.15, -0.1) is 0 Å². The number of para-hydroxylation sites is 1. The lowest BCUT2D eigenvalue weighted by Gasteiger charge is -2.09. The molecular weight excluding hydrogens is 217 g/mol. The number of hydrogen-bond donors (Lipinski definition) is 2. The third-order valence-corrected chi connectivity index (χ3v) is 2.58. The van der Waals surface area contributed by atoms with E-state index in [2.05, 4.69) is 5.32 Å². The molecule has 0 aliphatic carbocycles. The van der Waals surface area contributed by atoms with Crippen molar-refractivity contribution in [3.63, 3.8) is 0 Å². The van der Waals surface area contributed by atoms with E-state index in [9.17, 15) is 9.50 Å². The standard InChI is InChI=1S/C14H14FNO/c1-10-6-7-14(17)11(8-10)9-16-13-5-3-2-4-12(13)15/h2-8,16-17H,9H2,1H3. The number of phenols is 1. The summed E-state index contributed by atoms with van der Waals surface area (Å²) in [5.41, 5.74) is 2.26. The van der Waals surface area contributed by atoms with E-state index in [4.69, 9.17) is 0 Å². The van der Waals surface area contributed by atoms with Crippen molar-refractivity contribution in [3.05, 3.63) is 59.4 Å². The molecule has 0 radical (unpaired) electrons. The molecule has 2 aromatic carbocycles. The van der Waals surface area contributed by atoms with E-state index in [0.717, 1.165) is 11.1 Å². The van der Waals surface area contributed by atoms with Crippen molar-refractivity contribution in [1.82, 2.24) is 0 Å². The highest BCUT2D eigenvalue weighted by molar-refractivity contribution is 5.46. The summed E-state index contributed by atoms with van der Waals surface area (Å²) in [6, 6.07) is 11.8. The fraction of sp³-hybridized carbons (Fsp3) is 0.143. The van der Waals surface area contributed by atoms with Crippen LogP contribution in [0.1, 0.15) is 11.1 Å². The average molecular weight is 231 g/mol. The van der Waals surface area contributed by atoms with Crippen molar-refractivity contribution in [2.75, 3.05) is 5.32 Å². The second-order valence-electron chi connectivity index (χ2n) is 3.97. The van der Waals surface area contributed by atoms with Crippen LogP contribution in [-0.2, 0) is 6.54 Å². The van der Waals surface area contributed by atoms with Gasteiger partial charge in [0.2, 0.25) is 0 Å². The Morgan fingerprint density at radius 2 is 1.94 bits per heavy atom. The molecule has 0 unspecified atom stereocenters. The number of nitrogens with one attached hydrogen (secondary N) is 1. The van der Waals surface area contributed by atoms with Crippen LogP contribution in [0, 0.1) is 12.7 Å². The van der Waals surface area contributed by atoms with E-state index in [1.807, 2.05) is 19.1 Å². The van der Waals surface area contributed by atoms with E-state index in [1.165, 1.54) is 6.07 Å². The maximum absolute atomic E-state index is 13.3. The smallest absolute Gasteiger partial charge is 0.146 e. The lowest BCUT2D eigenvalue weighted by molar-refractivity contribution is 0.469. The molecule has 17 heavy (non-hydrogen) atoms. The molecule has 2 nitrogen and oxygen atoms in total. The third kappa shape index (κ3) is 2.75. The molecule has 0 amide bonds. The number of phenolic OH excluding ortho intramolecular Hbond substituents is 1. The molecule has 0 saturated carbocycles. The normalized spacial score (nSPS) is 10.2. The van der Waals surface area contributed by atoms with Gasteiger partial charge in [0, 0.05) is 12.1 Å². The first-order valence-electron chi connectivity index (χ1n) is 5.44. The van der Waals surface area contributed by atoms with Gasteiger partial charge in [-0.2, -0.15) is 0 Å². The van der Waals surface area contributed by atoms with Crippen LogP contribution in [-0.4, -0.2) is 5.11 Å². The molecule has 3 heteroatoms. The predicted octanol–water partition coefficient (Wildman–Crippen LogP) is 3.45. The Kier molecular flexibility index (Phi) is 3.28. The fourth-order valence-corrected chi connectivity index (χ4v) is 1.65. The minimum absolute atomic E-state index is 0.222. The summed E-state index contributed by atoms with van der Waals surface area (Å²) in [6.07, 6.45) is 0. The number of benzene rings is 2. The lowest BCUT2D eigenvalue weighted by atomic mass is 10.1. The van der Waals surface area contributed by atoms with Gasteiger partial charge in [0.15, 0.2) is 0 Å². The largest absolute Gasteiger partial charge is 0.508 e. The first-order chi connectivity index (χ1) is 8.16. The highest BCUT2D eigenvalue weighted by Gasteiger charge is 2.03. The monoisotopic (exact) mass is 231 g/mol. The molecule has 0 aromatic heterocycles. The topological polar surface area (TPSA) is 32.3 Å². The molecule has 0 heterocycles. The van der Waals surface area contributed by atoms with Gasteiger partial charge in [-0.1, -0.05) is 29.8 Å². The van der Waals surface area contributed by atoms with Gasteiger partial charge < -0.3 is 10.4 Å². The number of rotatable bonds is 3. The molecule has 0 aliphatic rings. The van der Waals surface area contributed by atoms with Crippen LogP contribution < -0.4 is 5.32 Å². The van der Waals surface area contributed by atoms with Crippen LogP contribution in [0.25, 0.3) is 0 Å². The number of aryl methyl sites for hydroxylation is 1. The predicted molar refractivity (Wildman–Crippen MR) is 66.6 cm³/mol. The Labute approximate surface area is 99.7 Å². The van der Waals surface area contributed by atoms with Crippen LogP contribution in [0.15, 0.2) is 42.5 Å². The first-order valence-corrected chi connectivity index (χ1v) is 5.44. The van der Waals surface area contributed by atoms with Gasteiger partial charge in [0.05, 0.1) is 5.69 Å². The third-order valence-electron chi connectivity index (χ3n) is 2.58. The number of halogens is 1. The molecule has 0 aliphatic heterocycles. The van der Waals surface area contributed by atoms with Gasteiger partial charge in [0.1, 0.15) is 11.6 Å². The molecule has 2 aromatic rings. The van der Waals surface area contributed by atoms with Crippen LogP contribution in [0.4, 0.5) is 10.1 Å². The summed E-state index contributed by atoms with van der Waals surface area (Å²) in [5.74, 6) is -0.0703. The fourth-order valence-electron chi connectivity index (χ4n) is 1.65. The SMILES string of the molecule is Cc1ccc(O)c(CNc2ccccc2F)c1. The Hall–Kier alpha value is -2.03. The molecular formula is C14H14FNO. The Balaban J connectivity index is 2.12. The second-order valence-corrected chi connectivity index (χ2v) is 3.97. The van der Waals surface area contributed by atoms with Crippen molar-refractivity contribution in [2.24, 2.45) is 0 Å². The summed E-state index contributed by atoms with van der Waals surface area (Å²) < 4.78 is 13.3. The summed E-state index contributed by atoms with van der Waals surface area (Å²) in [4.78, 5) is 0. The van der Waals surface area contributed by atoms with Crippen molar-refractivity contribution >= 4 is 5.69 Å². The summed E-state index contributed by atoms with van der Waals surface area (Å²) in [5, 5.41) is 12.6. The van der Waals surface area contributed by atoms with E-state index in [-0.39, 0.29) is 11.6 Å². The minimum atomic E-state index is -0.292. The summed E-state index contributed by atoms with van der Waals surface area (Å²) in [6.45, 7) is 2.35. The van der Waals surface area contributed by atoms with Crippen LogP contribution in [0.3, 0.4) is 0 Å². The zero-order chi connectivity index (χ0) is 12.3. The summed E-state index contributed by atoms with van der Waals surface area (Å²) in [7, 11) is 0. The highest BCUT2D eigenvalue weighted by Crippen LogP contribution is 2.20. The van der Waals surface area contributed by atoms with Gasteiger partial charge in [0.25, 0.3) is 0 Å². The molecule has 0 saturated heterocycles. The first kappa shape index (κ1) is 11.5. The summed E-state index contributed by atoms with van der Waals surface area (Å²) >= 11 is 0. The van der Waals surface area contributed by atoms with Crippen LogP contribution >= 0.6 is 0 Å². The molecule has 0 atom stereocenters. The Morgan fingerprint density at radius 1 is 1.18 bits per heavy atom. The maximum Gasteiger partial charge on any atom is 0.146 e. The van der Waals surface area contributed by atoms with Gasteiger partial charge in [-0.05, 0) is 25.1 Å².